The highest BCUT2D eigenvalue weighted by atomic mass is 16.5. The molecule has 0 amide bonds. The van der Waals surface area contributed by atoms with E-state index in [1.807, 2.05) is 39.0 Å². The van der Waals surface area contributed by atoms with Crippen LogP contribution in [0.15, 0.2) is 18.2 Å². The van der Waals surface area contributed by atoms with Crippen LogP contribution < -0.4 is 9.47 Å². The van der Waals surface area contributed by atoms with Gasteiger partial charge in [-0.1, -0.05) is 26.8 Å². The summed E-state index contributed by atoms with van der Waals surface area (Å²) in [6.45, 7) is 7.74. The molecule has 0 radical (unpaired) electrons. The molecule has 1 atom stereocenters. The number of benzene rings is 1. The van der Waals surface area contributed by atoms with Crippen molar-refractivity contribution in [2.45, 2.75) is 33.3 Å². The van der Waals surface area contributed by atoms with Crippen LogP contribution in [-0.2, 0) is 5.60 Å². The van der Waals surface area contributed by atoms with Gasteiger partial charge in [0.25, 0.3) is 0 Å². The van der Waals surface area contributed by atoms with Gasteiger partial charge in [0, 0.05) is 0 Å². The normalized spacial score (nSPS) is 15.2. The Morgan fingerprint density at radius 2 is 1.35 bits per heavy atom. The van der Waals surface area contributed by atoms with E-state index in [9.17, 15) is 5.11 Å². The average molecular weight is 238 g/mol. The highest BCUT2D eigenvalue weighted by Crippen LogP contribution is 2.46. The Hall–Kier alpha value is -1.22. The minimum absolute atomic E-state index is 0.324. The van der Waals surface area contributed by atoms with Crippen molar-refractivity contribution < 1.29 is 14.6 Å². The Bertz CT molecular complexity index is 367. The highest BCUT2D eigenvalue weighted by molar-refractivity contribution is 5.49. The van der Waals surface area contributed by atoms with E-state index >= 15 is 0 Å². The van der Waals surface area contributed by atoms with Crippen molar-refractivity contribution in [3.63, 3.8) is 0 Å². The van der Waals surface area contributed by atoms with E-state index in [-0.39, 0.29) is 5.41 Å². The summed E-state index contributed by atoms with van der Waals surface area (Å²) in [5.41, 5.74) is -0.669. The number of aliphatic hydroxyl groups is 1. The van der Waals surface area contributed by atoms with Crippen LogP contribution in [-0.4, -0.2) is 19.3 Å². The predicted molar refractivity (Wildman–Crippen MR) is 68.6 cm³/mol. The largest absolute Gasteiger partial charge is 0.496 e. The highest BCUT2D eigenvalue weighted by Gasteiger charge is 2.41. The third kappa shape index (κ3) is 2.39. The second-order valence-electron chi connectivity index (χ2n) is 5.36. The molecule has 0 aliphatic carbocycles. The molecule has 0 aliphatic heterocycles. The average Bonchev–Trinajstić information content (AvgIpc) is 2.26. The van der Waals surface area contributed by atoms with Crippen molar-refractivity contribution in [3.8, 4) is 11.5 Å². The molecule has 1 rings (SSSR count). The first-order chi connectivity index (χ1) is 7.75. The lowest BCUT2D eigenvalue weighted by Gasteiger charge is -2.38. The molecule has 3 heteroatoms. The zero-order valence-electron chi connectivity index (χ0n) is 11.5. The van der Waals surface area contributed by atoms with Gasteiger partial charge in [-0.3, -0.25) is 0 Å². The first-order valence-corrected chi connectivity index (χ1v) is 5.69. The quantitative estimate of drug-likeness (QED) is 0.880. The zero-order valence-corrected chi connectivity index (χ0v) is 11.5. The maximum Gasteiger partial charge on any atom is 0.128 e. The van der Waals surface area contributed by atoms with Gasteiger partial charge in [0.2, 0.25) is 0 Å². The van der Waals surface area contributed by atoms with Crippen LogP contribution in [0.5, 0.6) is 11.5 Å². The van der Waals surface area contributed by atoms with Crippen molar-refractivity contribution in [1.82, 2.24) is 0 Å². The van der Waals surface area contributed by atoms with E-state index in [0.717, 1.165) is 0 Å². The molecule has 96 valence electrons. The standard InChI is InChI=1S/C14H22O3/c1-13(2,3)14(4,15)12-10(16-5)8-7-9-11(12)17-6/h7-9,15H,1-6H3. The molecule has 1 unspecified atom stereocenters. The van der Waals surface area contributed by atoms with Crippen molar-refractivity contribution >= 4 is 0 Å². The third-order valence-corrected chi connectivity index (χ3v) is 3.38. The first-order valence-electron chi connectivity index (χ1n) is 5.69. The summed E-state index contributed by atoms with van der Waals surface area (Å²) in [6, 6.07) is 5.51. The Kier molecular flexibility index (Phi) is 3.72. The van der Waals surface area contributed by atoms with Gasteiger partial charge in [-0.05, 0) is 24.5 Å². The van der Waals surface area contributed by atoms with Gasteiger partial charge in [0.05, 0.1) is 25.4 Å². The van der Waals surface area contributed by atoms with E-state index in [2.05, 4.69) is 0 Å². The molecular weight excluding hydrogens is 216 g/mol. The van der Waals surface area contributed by atoms with Crippen molar-refractivity contribution in [2.24, 2.45) is 5.41 Å². The van der Waals surface area contributed by atoms with Gasteiger partial charge >= 0.3 is 0 Å². The molecule has 0 aliphatic rings. The Balaban J connectivity index is 3.47. The maximum atomic E-state index is 10.8. The SMILES string of the molecule is COc1cccc(OC)c1C(C)(O)C(C)(C)C. The Morgan fingerprint density at radius 1 is 0.941 bits per heavy atom. The summed E-state index contributed by atoms with van der Waals surface area (Å²) >= 11 is 0. The fraction of sp³-hybridized carbons (Fsp3) is 0.571. The van der Waals surface area contributed by atoms with E-state index in [0.29, 0.717) is 17.1 Å². The van der Waals surface area contributed by atoms with Crippen molar-refractivity contribution in [3.05, 3.63) is 23.8 Å². The third-order valence-electron chi connectivity index (χ3n) is 3.38. The lowest BCUT2D eigenvalue weighted by atomic mass is 9.73. The van der Waals surface area contributed by atoms with Crippen LogP contribution in [0, 0.1) is 5.41 Å². The molecule has 0 saturated heterocycles. The molecule has 3 nitrogen and oxygen atoms in total. The second-order valence-corrected chi connectivity index (χ2v) is 5.36. The number of methoxy groups -OCH3 is 2. The summed E-state index contributed by atoms with van der Waals surface area (Å²) in [7, 11) is 3.19. The fourth-order valence-electron chi connectivity index (χ4n) is 1.71. The topological polar surface area (TPSA) is 38.7 Å². The van der Waals surface area contributed by atoms with Crippen molar-refractivity contribution in [1.29, 1.82) is 0 Å². The number of ether oxygens (including phenoxy) is 2. The van der Waals surface area contributed by atoms with E-state index < -0.39 is 5.60 Å². The second kappa shape index (κ2) is 4.57. The maximum absolute atomic E-state index is 10.8. The summed E-state index contributed by atoms with van der Waals surface area (Å²) in [4.78, 5) is 0. The predicted octanol–water partition coefficient (Wildman–Crippen LogP) is 2.96. The molecule has 0 heterocycles. The van der Waals surface area contributed by atoms with E-state index in [4.69, 9.17) is 9.47 Å². The molecule has 17 heavy (non-hydrogen) atoms. The minimum atomic E-state index is -1.04. The van der Waals surface area contributed by atoms with Crippen LogP contribution in [0.4, 0.5) is 0 Å². The summed E-state index contributed by atoms with van der Waals surface area (Å²) in [6.07, 6.45) is 0. The van der Waals surface area contributed by atoms with Gasteiger partial charge in [-0.2, -0.15) is 0 Å². The van der Waals surface area contributed by atoms with Crippen molar-refractivity contribution in [2.75, 3.05) is 14.2 Å². The minimum Gasteiger partial charge on any atom is -0.496 e. The lowest BCUT2D eigenvalue weighted by molar-refractivity contribution is -0.0501. The Morgan fingerprint density at radius 3 is 1.65 bits per heavy atom. The summed E-state index contributed by atoms with van der Waals surface area (Å²) < 4.78 is 10.7. The van der Waals surface area contributed by atoms with Crippen LogP contribution in [0.1, 0.15) is 33.3 Å². The van der Waals surface area contributed by atoms with Gasteiger partial charge in [0.15, 0.2) is 0 Å². The monoisotopic (exact) mass is 238 g/mol. The molecular formula is C14H22O3. The van der Waals surface area contributed by atoms with Crippen LogP contribution in [0.2, 0.25) is 0 Å². The molecule has 0 saturated carbocycles. The molecule has 0 aromatic heterocycles. The van der Waals surface area contributed by atoms with Crippen LogP contribution >= 0.6 is 0 Å². The molecule has 1 aromatic carbocycles. The van der Waals surface area contributed by atoms with E-state index in [1.54, 1.807) is 21.1 Å². The van der Waals surface area contributed by atoms with Gasteiger partial charge in [-0.15, -0.1) is 0 Å². The lowest BCUT2D eigenvalue weighted by Crippen LogP contribution is -2.37. The molecule has 0 bridgehead atoms. The summed E-state index contributed by atoms with van der Waals surface area (Å²) in [5, 5.41) is 10.8. The first kappa shape index (κ1) is 13.8. The van der Waals surface area contributed by atoms with Crippen LogP contribution in [0.25, 0.3) is 0 Å². The summed E-state index contributed by atoms with van der Waals surface area (Å²) in [5.74, 6) is 1.29. The number of hydrogen-bond acceptors (Lipinski definition) is 3. The number of rotatable bonds is 3. The van der Waals surface area contributed by atoms with Crippen LogP contribution in [0.3, 0.4) is 0 Å². The molecule has 0 spiro atoms. The van der Waals surface area contributed by atoms with Gasteiger partial charge < -0.3 is 14.6 Å². The fourth-order valence-corrected chi connectivity index (χ4v) is 1.71. The Labute approximate surface area is 103 Å². The van der Waals surface area contributed by atoms with Gasteiger partial charge in [0.1, 0.15) is 11.5 Å². The molecule has 1 aromatic rings. The molecule has 0 fully saturated rings. The van der Waals surface area contributed by atoms with Gasteiger partial charge in [-0.25, -0.2) is 0 Å². The smallest absolute Gasteiger partial charge is 0.128 e. The van der Waals surface area contributed by atoms with E-state index in [1.165, 1.54) is 0 Å². The molecule has 1 N–H and O–H groups in total. The zero-order chi connectivity index (χ0) is 13.3. The number of hydrogen-bond donors (Lipinski definition) is 1.